The number of nitrogens with one attached hydrogen (secondary N) is 2. The fraction of sp³-hybridized carbons (Fsp3) is 0.933. The Hall–Kier alpha value is -0.770. The van der Waals surface area contributed by atoms with Crippen molar-refractivity contribution in [1.29, 1.82) is 0 Å². The highest BCUT2D eigenvalue weighted by Crippen LogP contribution is 2.52. The molecule has 4 nitrogen and oxygen atoms in total. The Kier molecular flexibility index (Phi) is 3.46. The summed E-state index contributed by atoms with van der Waals surface area (Å²) < 4.78 is 5.85. The zero-order chi connectivity index (χ0) is 13.5. The Balaban J connectivity index is 1.62. The van der Waals surface area contributed by atoms with Crippen LogP contribution < -0.4 is 10.6 Å². The molecule has 0 aromatic heterocycles. The SMILES string of the molecule is CCNC(=NCC1CC1)NC1C2CCOC2C1(C)C. The quantitative estimate of drug-likeness (QED) is 0.601. The molecule has 3 atom stereocenters. The van der Waals surface area contributed by atoms with Gasteiger partial charge < -0.3 is 15.4 Å². The lowest BCUT2D eigenvalue weighted by Gasteiger charge is -2.54. The zero-order valence-corrected chi connectivity index (χ0v) is 12.4. The summed E-state index contributed by atoms with van der Waals surface area (Å²) in [4.78, 5) is 4.73. The first-order valence-corrected chi connectivity index (χ1v) is 7.79. The van der Waals surface area contributed by atoms with Gasteiger partial charge in [0.25, 0.3) is 0 Å². The Bertz CT molecular complexity index is 362. The number of fused-ring (bicyclic) bond motifs is 1. The van der Waals surface area contributed by atoms with Crippen LogP contribution in [0.25, 0.3) is 0 Å². The number of nitrogens with zero attached hydrogens (tertiary/aromatic N) is 1. The van der Waals surface area contributed by atoms with Crippen molar-refractivity contribution >= 4 is 5.96 Å². The molecule has 0 radical (unpaired) electrons. The minimum absolute atomic E-state index is 0.219. The van der Waals surface area contributed by atoms with Crippen LogP contribution >= 0.6 is 0 Å². The Labute approximate surface area is 116 Å². The Morgan fingerprint density at radius 1 is 1.32 bits per heavy atom. The van der Waals surface area contributed by atoms with Crippen LogP contribution in [-0.2, 0) is 4.74 Å². The van der Waals surface area contributed by atoms with E-state index < -0.39 is 0 Å². The van der Waals surface area contributed by atoms with Gasteiger partial charge >= 0.3 is 0 Å². The average Bonchev–Trinajstić information content (AvgIpc) is 3.09. The standard InChI is InChI=1S/C15H27N3O/c1-4-16-14(17-9-10-5-6-10)18-12-11-7-8-19-13(11)15(12,2)3/h10-13H,4-9H2,1-3H3,(H2,16,17,18). The van der Waals surface area contributed by atoms with Gasteiger partial charge in [0, 0.05) is 37.1 Å². The molecular formula is C15H27N3O. The molecule has 0 bridgehead atoms. The molecule has 0 aromatic rings. The third kappa shape index (κ3) is 2.47. The van der Waals surface area contributed by atoms with Crippen LogP contribution in [-0.4, -0.2) is 37.8 Å². The van der Waals surface area contributed by atoms with E-state index in [0.29, 0.717) is 18.1 Å². The van der Waals surface area contributed by atoms with Crippen molar-refractivity contribution in [2.24, 2.45) is 22.2 Å². The monoisotopic (exact) mass is 265 g/mol. The molecule has 2 aliphatic carbocycles. The first-order valence-electron chi connectivity index (χ1n) is 7.79. The molecule has 3 aliphatic rings. The number of hydrogen-bond acceptors (Lipinski definition) is 2. The lowest BCUT2D eigenvalue weighted by atomic mass is 9.57. The molecule has 2 N–H and O–H groups in total. The van der Waals surface area contributed by atoms with Crippen molar-refractivity contribution in [3.05, 3.63) is 0 Å². The van der Waals surface area contributed by atoms with E-state index in [2.05, 4.69) is 31.4 Å². The van der Waals surface area contributed by atoms with Crippen LogP contribution in [0.15, 0.2) is 4.99 Å². The number of aliphatic imine (C=N–C) groups is 1. The first-order chi connectivity index (χ1) is 9.13. The Morgan fingerprint density at radius 3 is 2.79 bits per heavy atom. The zero-order valence-electron chi connectivity index (χ0n) is 12.4. The van der Waals surface area contributed by atoms with Crippen molar-refractivity contribution in [3.63, 3.8) is 0 Å². The number of hydrogen-bond donors (Lipinski definition) is 2. The summed E-state index contributed by atoms with van der Waals surface area (Å²) in [5.41, 5.74) is 0.219. The molecule has 4 heteroatoms. The van der Waals surface area contributed by atoms with Gasteiger partial charge in [-0.05, 0) is 32.1 Å². The van der Waals surface area contributed by atoms with Crippen molar-refractivity contribution in [1.82, 2.24) is 10.6 Å². The molecule has 0 spiro atoms. The number of rotatable bonds is 4. The maximum absolute atomic E-state index is 5.85. The second-order valence-electron chi connectivity index (χ2n) is 6.85. The van der Waals surface area contributed by atoms with Gasteiger partial charge in [-0.3, -0.25) is 4.99 Å². The topological polar surface area (TPSA) is 45.7 Å². The van der Waals surface area contributed by atoms with Gasteiger partial charge in [0.15, 0.2) is 5.96 Å². The van der Waals surface area contributed by atoms with Crippen LogP contribution in [0.2, 0.25) is 0 Å². The van der Waals surface area contributed by atoms with E-state index in [1.807, 2.05) is 0 Å². The summed E-state index contributed by atoms with van der Waals surface area (Å²) in [5, 5.41) is 7.04. The van der Waals surface area contributed by atoms with Crippen molar-refractivity contribution in [2.75, 3.05) is 19.7 Å². The van der Waals surface area contributed by atoms with E-state index in [4.69, 9.17) is 9.73 Å². The molecule has 108 valence electrons. The van der Waals surface area contributed by atoms with Crippen LogP contribution in [0.4, 0.5) is 0 Å². The van der Waals surface area contributed by atoms with Gasteiger partial charge in [0.2, 0.25) is 0 Å². The van der Waals surface area contributed by atoms with Crippen molar-refractivity contribution in [3.8, 4) is 0 Å². The van der Waals surface area contributed by atoms with Crippen LogP contribution in [0.5, 0.6) is 0 Å². The summed E-state index contributed by atoms with van der Waals surface area (Å²) in [7, 11) is 0. The van der Waals surface area contributed by atoms with E-state index in [9.17, 15) is 0 Å². The maximum Gasteiger partial charge on any atom is 0.191 e. The van der Waals surface area contributed by atoms with Crippen LogP contribution in [0.1, 0.15) is 40.0 Å². The van der Waals surface area contributed by atoms with Gasteiger partial charge in [-0.15, -0.1) is 0 Å². The minimum atomic E-state index is 0.219. The smallest absolute Gasteiger partial charge is 0.191 e. The fourth-order valence-electron chi connectivity index (χ4n) is 3.61. The molecule has 2 saturated carbocycles. The Morgan fingerprint density at radius 2 is 2.11 bits per heavy atom. The molecule has 0 aromatic carbocycles. The van der Waals surface area contributed by atoms with Gasteiger partial charge in [-0.25, -0.2) is 0 Å². The van der Waals surface area contributed by atoms with Crippen LogP contribution in [0, 0.1) is 17.3 Å². The molecule has 1 aliphatic heterocycles. The summed E-state index contributed by atoms with van der Waals surface area (Å²) in [6.07, 6.45) is 4.34. The van der Waals surface area contributed by atoms with E-state index in [1.165, 1.54) is 19.3 Å². The third-order valence-electron chi connectivity index (χ3n) is 4.94. The number of guanidine groups is 1. The average molecular weight is 265 g/mol. The molecule has 1 heterocycles. The third-order valence-corrected chi connectivity index (χ3v) is 4.94. The van der Waals surface area contributed by atoms with Crippen molar-refractivity contribution in [2.45, 2.75) is 52.2 Å². The predicted molar refractivity (Wildman–Crippen MR) is 77.3 cm³/mol. The molecule has 3 rings (SSSR count). The highest BCUT2D eigenvalue weighted by atomic mass is 16.5. The fourth-order valence-corrected chi connectivity index (χ4v) is 3.61. The van der Waals surface area contributed by atoms with Gasteiger partial charge in [0.1, 0.15) is 0 Å². The molecule has 3 unspecified atom stereocenters. The highest BCUT2D eigenvalue weighted by Gasteiger charge is 2.59. The van der Waals surface area contributed by atoms with Gasteiger partial charge in [-0.2, -0.15) is 0 Å². The van der Waals surface area contributed by atoms with Gasteiger partial charge in [0.05, 0.1) is 6.10 Å². The highest BCUT2D eigenvalue weighted by molar-refractivity contribution is 5.80. The summed E-state index contributed by atoms with van der Waals surface area (Å²) in [6.45, 7) is 9.57. The minimum Gasteiger partial charge on any atom is -0.377 e. The second kappa shape index (κ2) is 4.97. The van der Waals surface area contributed by atoms with E-state index in [-0.39, 0.29) is 5.41 Å². The molecule has 0 amide bonds. The predicted octanol–water partition coefficient (Wildman–Crippen LogP) is 1.76. The van der Waals surface area contributed by atoms with Crippen molar-refractivity contribution < 1.29 is 4.74 Å². The lowest BCUT2D eigenvalue weighted by Crippen LogP contribution is -2.68. The lowest BCUT2D eigenvalue weighted by molar-refractivity contribution is -0.106. The largest absolute Gasteiger partial charge is 0.377 e. The molecule has 3 fully saturated rings. The number of ether oxygens (including phenoxy) is 1. The normalized spacial score (nSPS) is 36.6. The first kappa shape index (κ1) is 13.2. The van der Waals surface area contributed by atoms with Crippen LogP contribution in [0.3, 0.4) is 0 Å². The second-order valence-corrected chi connectivity index (χ2v) is 6.85. The van der Waals surface area contributed by atoms with E-state index >= 15 is 0 Å². The molecule has 1 saturated heterocycles. The molecule has 19 heavy (non-hydrogen) atoms. The summed E-state index contributed by atoms with van der Waals surface area (Å²) in [6, 6.07) is 0.497. The van der Waals surface area contributed by atoms with Gasteiger partial charge in [-0.1, -0.05) is 13.8 Å². The van der Waals surface area contributed by atoms with E-state index in [0.717, 1.165) is 31.6 Å². The maximum atomic E-state index is 5.85. The summed E-state index contributed by atoms with van der Waals surface area (Å²) in [5.74, 6) is 2.50. The van der Waals surface area contributed by atoms with E-state index in [1.54, 1.807) is 0 Å². The summed E-state index contributed by atoms with van der Waals surface area (Å²) >= 11 is 0. The molecular weight excluding hydrogens is 238 g/mol.